The zero-order valence-corrected chi connectivity index (χ0v) is 18.0. The van der Waals surface area contributed by atoms with Gasteiger partial charge in [-0.15, -0.1) is 0 Å². The maximum absolute atomic E-state index is 12.4. The summed E-state index contributed by atoms with van der Waals surface area (Å²) in [6, 6.07) is 17.8. The van der Waals surface area contributed by atoms with E-state index in [2.05, 4.69) is 6.07 Å². The molecule has 0 spiro atoms. The number of rotatable bonds is 8. The minimum atomic E-state index is -0.0402. The van der Waals surface area contributed by atoms with E-state index in [0.29, 0.717) is 24.5 Å². The molecule has 154 valence electrons. The van der Waals surface area contributed by atoms with Crippen molar-refractivity contribution >= 4 is 28.6 Å². The van der Waals surface area contributed by atoms with Crippen LogP contribution in [0.5, 0.6) is 11.5 Å². The van der Waals surface area contributed by atoms with Crippen LogP contribution in [0.25, 0.3) is 22.0 Å². The monoisotopic (exact) mass is 421 g/mol. The van der Waals surface area contributed by atoms with Crippen LogP contribution in [0.2, 0.25) is 0 Å². The van der Waals surface area contributed by atoms with Gasteiger partial charge in [0.1, 0.15) is 11.5 Å². The average molecular weight is 422 g/mol. The van der Waals surface area contributed by atoms with E-state index in [1.807, 2.05) is 48.5 Å². The predicted molar refractivity (Wildman–Crippen MR) is 119 cm³/mol. The predicted octanol–water partition coefficient (Wildman–Crippen LogP) is 4.38. The van der Waals surface area contributed by atoms with Crippen molar-refractivity contribution in [3.8, 4) is 28.7 Å². The van der Waals surface area contributed by atoms with Crippen molar-refractivity contribution in [3.05, 3.63) is 48.5 Å². The molecule has 3 aromatic rings. The molecule has 1 heterocycles. The Kier molecular flexibility index (Phi) is 7.15. The number of pyridine rings is 1. The van der Waals surface area contributed by atoms with Gasteiger partial charge in [0.2, 0.25) is 5.91 Å². The summed E-state index contributed by atoms with van der Waals surface area (Å²) in [5.74, 6) is 1.54. The van der Waals surface area contributed by atoms with E-state index >= 15 is 0 Å². The molecule has 2 aromatic carbocycles. The van der Waals surface area contributed by atoms with Crippen LogP contribution in [0, 0.1) is 11.3 Å². The summed E-state index contributed by atoms with van der Waals surface area (Å²) in [5, 5.41) is 10.3. The number of carbonyl (C=O) groups is 1. The molecule has 1 aromatic heterocycles. The molecule has 1 amide bonds. The lowest BCUT2D eigenvalue weighted by molar-refractivity contribution is -0.127. The molecule has 0 unspecified atom stereocenters. The van der Waals surface area contributed by atoms with Gasteiger partial charge in [0.25, 0.3) is 0 Å². The molecule has 0 saturated carbocycles. The SMILES string of the molecule is COc1cc(OC)c2c(-c3ccccc3)cc(SCC(=O)N(C)CCC#N)nc2c1. The third-order valence-electron chi connectivity index (χ3n) is 4.69. The van der Waals surface area contributed by atoms with Crippen molar-refractivity contribution in [2.24, 2.45) is 0 Å². The van der Waals surface area contributed by atoms with E-state index in [-0.39, 0.29) is 11.7 Å². The summed E-state index contributed by atoms with van der Waals surface area (Å²) in [5.41, 5.74) is 2.75. The Bertz CT molecular complexity index is 1080. The number of nitriles is 1. The number of nitrogens with zero attached hydrogens (tertiary/aromatic N) is 3. The molecule has 0 aliphatic rings. The van der Waals surface area contributed by atoms with Crippen molar-refractivity contribution in [2.75, 3.05) is 33.6 Å². The number of hydrogen-bond donors (Lipinski definition) is 0. The third-order valence-corrected chi connectivity index (χ3v) is 5.59. The van der Waals surface area contributed by atoms with E-state index in [9.17, 15) is 4.79 Å². The van der Waals surface area contributed by atoms with E-state index in [4.69, 9.17) is 19.7 Å². The van der Waals surface area contributed by atoms with E-state index in [0.717, 1.165) is 27.1 Å². The molecule has 0 aliphatic heterocycles. The number of aromatic nitrogens is 1. The van der Waals surface area contributed by atoms with Gasteiger partial charge < -0.3 is 14.4 Å². The maximum atomic E-state index is 12.4. The first-order chi connectivity index (χ1) is 14.6. The maximum Gasteiger partial charge on any atom is 0.232 e. The van der Waals surface area contributed by atoms with E-state index in [1.165, 1.54) is 11.8 Å². The number of ether oxygens (including phenoxy) is 2. The number of carbonyl (C=O) groups excluding carboxylic acids is 1. The van der Waals surface area contributed by atoms with Gasteiger partial charge in [-0.25, -0.2) is 4.98 Å². The Hall–Kier alpha value is -3.24. The average Bonchev–Trinajstić information content (AvgIpc) is 2.79. The summed E-state index contributed by atoms with van der Waals surface area (Å²) >= 11 is 1.37. The number of benzene rings is 2. The summed E-state index contributed by atoms with van der Waals surface area (Å²) in [6.07, 6.45) is 0.318. The van der Waals surface area contributed by atoms with Gasteiger partial charge in [-0.2, -0.15) is 5.26 Å². The van der Waals surface area contributed by atoms with Gasteiger partial charge >= 0.3 is 0 Å². The first-order valence-electron chi connectivity index (χ1n) is 9.43. The van der Waals surface area contributed by atoms with Crippen LogP contribution in [0.3, 0.4) is 0 Å². The second-order valence-electron chi connectivity index (χ2n) is 6.61. The fraction of sp³-hybridized carbons (Fsp3) is 0.261. The van der Waals surface area contributed by atoms with Crippen molar-refractivity contribution in [3.63, 3.8) is 0 Å². The smallest absolute Gasteiger partial charge is 0.232 e. The lowest BCUT2D eigenvalue weighted by Crippen LogP contribution is -2.29. The Morgan fingerprint density at radius 1 is 1.17 bits per heavy atom. The number of fused-ring (bicyclic) bond motifs is 1. The van der Waals surface area contributed by atoms with Gasteiger partial charge in [0, 0.05) is 25.7 Å². The van der Waals surface area contributed by atoms with Gasteiger partial charge in [0.05, 0.1) is 48.4 Å². The first-order valence-corrected chi connectivity index (χ1v) is 10.4. The molecule has 6 nitrogen and oxygen atoms in total. The first kappa shape index (κ1) is 21.5. The molecular weight excluding hydrogens is 398 g/mol. The Labute approximate surface area is 180 Å². The van der Waals surface area contributed by atoms with Crippen molar-refractivity contribution in [1.82, 2.24) is 9.88 Å². The van der Waals surface area contributed by atoms with Crippen LogP contribution >= 0.6 is 11.8 Å². The standard InChI is InChI=1S/C23H23N3O3S/c1-26(11-7-10-24)22(27)15-30-21-14-18(16-8-5-4-6-9-16)23-19(25-21)12-17(28-2)13-20(23)29-3/h4-6,8-9,12-14H,7,11,15H2,1-3H3. The number of methoxy groups -OCH3 is 2. The van der Waals surface area contributed by atoms with Crippen molar-refractivity contribution in [2.45, 2.75) is 11.4 Å². The third kappa shape index (κ3) is 4.84. The Balaban J connectivity index is 2.02. The fourth-order valence-corrected chi connectivity index (χ4v) is 3.92. The second kappa shape index (κ2) is 9.99. The summed E-state index contributed by atoms with van der Waals surface area (Å²) in [6.45, 7) is 0.421. The molecule has 0 radical (unpaired) electrons. The van der Waals surface area contributed by atoms with Crippen LogP contribution in [0.1, 0.15) is 6.42 Å². The molecule has 0 atom stereocenters. The van der Waals surface area contributed by atoms with Crippen LogP contribution in [0.15, 0.2) is 53.6 Å². The molecule has 0 aliphatic carbocycles. The number of hydrogen-bond acceptors (Lipinski definition) is 6. The highest BCUT2D eigenvalue weighted by atomic mass is 32.2. The highest BCUT2D eigenvalue weighted by Crippen LogP contribution is 2.39. The summed E-state index contributed by atoms with van der Waals surface area (Å²) in [7, 11) is 4.94. The largest absolute Gasteiger partial charge is 0.497 e. The Morgan fingerprint density at radius 3 is 2.60 bits per heavy atom. The Morgan fingerprint density at radius 2 is 1.93 bits per heavy atom. The molecule has 3 rings (SSSR count). The summed E-state index contributed by atoms with van der Waals surface area (Å²) in [4.78, 5) is 18.7. The highest BCUT2D eigenvalue weighted by Gasteiger charge is 2.16. The van der Waals surface area contributed by atoms with Crippen molar-refractivity contribution in [1.29, 1.82) is 5.26 Å². The normalized spacial score (nSPS) is 10.5. The summed E-state index contributed by atoms with van der Waals surface area (Å²) < 4.78 is 11.0. The number of amides is 1. The molecule has 0 saturated heterocycles. The molecule has 0 fully saturated rings. The molecule has 0 N–H and O–H groups in total. The second-order valence-corrected chi connectivity index (χ2v) is 7.61. The van der Waals surface area contributed by atoms with Crippen LogP contribution in [-0.4, -0.2) is 49.4 Å². The minimum absolute atomic E-state index is 0.0402. The topological polar surface area (TPSA) is 75.5 Å². The zero-order valence-electron chi connectivity index (χ0n) is 17.2. The van der Waals surface area contributed by atoms with Gasteiger partial charge in [0.15, 0.2) is 0 Å². The molecule has 0 bridgehead atoms. The number of thioether (sulfide) groups is 1. The van der Waals surface area contributed by atoms with Gasteiger partial charge in [-0.3, -0.25) is 4.79 Å². The van der Waals surface area contributed by atoms with E-state index < -0.39 is 0 Å². The van der Waals surface area contributed by atoms with Crippen LogP contribution in [0.4, 0.5) is 0 Å². The van der Waals surface area contributed by atoms with Crippen LogP contribution in [-0.2, 0) is 4.79 Å². The van der Waals surface area contributed by atoms with Gasteiger partial charge in [-0.05, 0) is 17.2 Å². The fourth-order valence-electron chi connectivity index (χ4n) is 3.07. The van der Waals surface area contributed by atoms with Crippen molar-refractivity contribution < 1.29 is 14.3 Å². The minimum Gasteiger partial charge on any atom is -0.497 e. The lowest BCUT2D eigenvalue weighted by Gasteiger charge is -2.16. The molecular formula is C23H23N3O3S. The quantitative estimate of drug-likeness (QED) is 0.503. The molecule has 30 heavy (non-hydrogen) atoms. The van der Waals surface area contributed by atoms with Gasteiger partial charge in [-0.1, -0.05) is 42.1 Å². The van der Waals surface area contributed by atoms with E-state index in [1.54, 1.807) is 26.2 Å². The highest BCUT2D eigenvalue weighted by molar-refractivity contribution is 7.99. The lowest BCUT2D eigenvalue weighted by atomic mass is 10.0. The molecule has 7 heteroatoms. The zero-order chi connectivity index (χ0) is 21.5. The van der Waals surface area contributed by atoms with Crippen LogP contribution < -0.4 is 9.47 Å².